The lowest BCUT2D eigenvalue weighted by atomic mass is 10.1. The highest BCUT2D eigenvalue weighted by Gasteiger charge is 2.09. The van der Waals surface area contributed by atoms with Gasteiger partial charge in [0.05, 0.1) is 12.8 Å². The largest absolute Gasteiger partial charge is 0.495 e. The first-order valence-corrected chi connectivity index (χ1v) is 6.81. The van der Waals surface area contributed by atoms with Gasteiger partial charge in [-0.1, -0.05) is 36.4 Å². The molecule has 2 rings (SSSR count). The molecule has 0 aromatic heterocycles. The Morgan fingerprint density at radius 3 is 2.45 bits per heavy atom. The summed E-state index contributed by atoms with van der Waals surface area (Å²) in [6, 6.07) is 16.8. The van der Waals surface area contributed by atoms with Gasteiger partial charge in [0.25, 0.3) is 0 Å². The van der Waals surface area contributed by atoms with Crippen LogP contribution in [0.4, 0.5) is 5.69 Å². The number of nitrogens with zero attached hydrogens (tertiary/aromatic N) is 1. The molecule has 2 aromatic rings. The van der Waals surface area contributed by atoms with Crippen LogP contribution in [0.3, 0.4) is 0 Å². The van der Waals surface area contributed by atoms with Gasteiger partial charge in [-0.2, -0.15) is 0 Å². The van der Waals surface area contributed by atoms with Crippen molar-refractivity contribution in [1.29, 1.82) is 0 Å². The fraction of sp³-hybridized carbons (Fsp3) is 0.294. The Morgan fingerprint density at radius 1 is 1.05 bits per heavy atom. The summed E-state index contributed by atoms with van der Waals surface area (Å²) >= 11 is 0. The first kappa shape index (κ1) is 14.4. The van der Waals surface area contributed by atoms with Gasteiger partial charge in [0.1, 0.15) is 5.75 Å². The first-order valence-electron chi connectivity index (χ1n) is 6.81. The molecule has 0 aliphatic carbocycles. The molecule has 0 aliphatic heterocycles. The van der Waals surface area contributed by atoms with E-state index in [9.17, 15) is 0 Å². The minimum Gasteiger partial charge on any atom is -0.495 e. The molecule has 0 unspecified atom stereocenters. The Hall–Kier alpha value is -2.00. The number of nitrogens with one attached hydrogen (secondary N) is 1. The molecule has 3 nitrogen and oxygen atoms in total. The number of anilines is 1. The Balaban J connectivity index is 2.18. The van der Waals surface area contributed by atoms with Crippen molar-refractivity contribution < 1.29 is 4.74 Å². The summed E-state index contributed by atoms with van der Waals surface area (Å²) in [6.07, 6.45) is 0. The van der Waals surface area contributed by atoms with Crippen LogP contribution in [0, 0.1) is 0 Å². The van der Waals surface area contributed by atoms with Gasteiger partial charge in [-0.25, -0.2) is 0 Å². The minimum absolute atomic E-state index is 0.846. The summed E-state index contributed by atoms with van der Waals surface area (Å²) < 4.78 is 5.52. The SMILES string of the molecule is CNCc1ccc(N(C)Cc2ccccc2)c(OC)c1. The van der Waals surface area contributed by atoms with Crippen LogP contribution >= 0.6 is 0 Å². The molecule has 0 aliphatic rings. The van der Waals surface area contributed by atoms with Crippen molar-refractivity contribution in [3.8, 4) is 5.75 Å². The van der Waals surface area contributed by atoms with Gasteiger partial charge in [-0.15, -0.1) is 0 Å². The molecule has 0 heterocycles. The lowest BCUT2D eigenvalue weighted by Crippen LogP contribution is -2.17. The van der Waals surface area contributed by atoms with Gasteiger partial charge in [-0.05, 0) is 30.3 Å². The Labute approximate surface area is 121 Å². The topological polar surface area (TPSA) is 24.5 Å². The van der Waals surface area contributed by atoms with E-state index < -0.39 is 0 Å². The molecular formula is C17H22N2O. The average molecular weight is 270 g/mol. The minimum atomic E-state index is 0.846. The number of hydrogen-bond acceptors (Lipinski definition) is 3. The van der Waals surface area contributed by atoms with Gasteiger partial charge in [-0.3, -0.25) is 0 Å². The van der Waals surface area contributed by atoms with E-state index in [0.717, 1.165) is 24.5 Å². The lowest BCUT2D eigenvalue weighted by Gasteiger charge is -2.22. The standard InChI is InChI=1S/C17H22N2O/c1-18-12-15-9-10-16(17(11-15)20-3)19(2)13-14-7-5-4-6-8-14/h4-11,18H,12-13H2,1-3H3. The van der Waals surface area contributed by atoms with Crippen molar-refractivity contribution in [2.45, 2.75) is 13.1 Å². The van der Waals surface area contributed by atoms with E-state index in [1.807, 2.05) is 13.1 Å². The van der Waals surface area contributed by atoms with Gasteiger partial charge in [0, 0.05) is 20.1 Å². The fourth-order valence-corrected chi connectivity index (χ4v) is 2.29. The zero-order valence-electron chi connectivity index (χ0n) is 12.4. The van der Waals surface area contributed by atoms with Crippen molar-refractivity contribution in [3.63, 3.8) is 0 Å². The summed E-state index contributed by atoms with van der Waals surface area (Å²) in [5.74, 6) is 0.913. The maximum absolute atomic E-state index is 5.52. The van der Waals surface area contributed by atoms with Crippen LogP contribution in [-0.2, 0) is 13.1 Å². The molecule has 0 radical (unpaired) electrons. The third-order valence-corrected chi connectivity index (χ3v) is 3.30. The lowest BCUT2D eigenvalue weighted by molar-refractivity contribution is 0.414. The third kappa shape index (κ3) is 3.52. The van der Waals surface area contributed by atoms with Crippen LogP contribution in [0.15, 0.2) is 48.5 Å². The summed E-state index contributed by atoms with van der Waals surface area (Å²) in [5, 5.41) is 3.15. The molecule has 0 bridgehead atoms. The number of benzene rings is 2. The van der Waals surface area contributed by atoms with Crippen LogP contribution in [0.1, 0.15) is 11.1 Å². The third-order valence-electron chi connectivity index (χ3n) is 3.30. The normalized spacial score (nSPS) is 10.3. The van der Waals surface area contributed by atoms with Crippen LogP contribution in [0.2, 0.25) is 0 Å². The number of methoxy groups -OCH3 is 1. The van der Waals surface area contributed by atoms with E-state index in [1.165, 1.54) is 11.1 Å². The van der Waals surface area contributed by atoms with Gasteiger partial charge in [0.15, 0.2) is 0 Å². The monoisotopic (exact) mass is 270 g/mol. The van der Waals surface area contributed by atoms with Gasteiger partial charge < -0.3 is 15.0 Å². The molecule has 0 saturated carbocycles. The molecule has 3 heteroatoms. The molecule has 0 fully saturated rings. The molecule has 106 valence electrons. The zero-order valence-corrected chi connectivity index (χ0v) is 12.4. The second-order valence-electron chi connectivity index (χ2n) is 4.88. The van der Waals surface area contributed by atoms with E-state index in [4.69, 9.17) is 4.74 Å². The predicted octanol–water partition coefficient (Wildman–Crippen LogP) is 3.05. The van der Waals surface area contributed by atoms with E-state index in [2.05, 4.69) is 59.7 Å². The molecule has 2 aromatic carbocycles. The van der Waals surface area contributed by atoms with Crippen LogP contribution in [0.25, 0.3) is 0 Å². The van der Waals surface area contributed by atoms with E-state index in [-0.39, 0.29) is 0 Å². The maximum Gasteiger partial charge on any atom is 0.142 e. The molecule has 0 amide bonds. The Bertz CT molecular complexity index is 540. The molecule has 0 atom stereocenters. The highest BCUT2D eigenvalue weighted by molar-refractivity contribution is 5.59. The maximum atomic E-state index is 5.52. The van der Waals surface area contributed by atoms with Crippen molar-refractivity contribution in [1.82, 2.24) is 5.32 Å². The second kappa shape index (κ2) is 6.96. The molecular weight excluding hydrogens is 248 g/mol. The molecule has 20 heavy (non-hydrogen) atoms. The van der Waals surface area contributed by atoms with Crippen molar-refractivity contribution in [2.24, 2.45) is 0 Å². The Kier molecular flexibility index (Phi) is 5.02. The molecule has 1 N–H and O–H groups in total. The zero-order chi connectivity index (χ0) is 14.4. The van der Waals surface area contributed by atoms with Gasteiger partial charge >= 0.3 is 0 Å². The summed E-state index contributed by atoms with van der Waals surface area (Å²) in [6.45, 7) is 1.71. The molecule has 0 saturated heterocycles. The van der Waals surface area contributed by atoms with E-state index in [1.54, 1.807) is 7.11 Å². The van der Waals surface area contributed by atoms with Crippen molar-refractivity contribution >= 4 is 5.69 Å². The number of ether oxygens (including phenoxy) is 1. The summed E-state index contributed by atoms with van der Waals surface area (Å²) in [7, 11) is 5.75. The molecule has 0 spiro atoms. The highest BCUT2D eigenvalue weighted by Crippen LogP contribution is 2.29. The second-order valence-corrected chi connectivity index (χ2v) is 4.88. The fourth-order valence-electron chi connectivity index (χ4n) is 2.29. The summed E-state index contributed by atoms with van der Waals surface area (Å²) in [4.78, 5) is 2.21. The van der Waals surface area contributed by atoms with Crippen LogP contribution in [-0.4, -0.2) is 21.2 Å². The first-order chi connectivity index (χ1) is 9.74. The van der Waals surface area contributed by atoms with E-state index >= 15 is 0 Å². The van der Waals surface area contributed by atoms with Crippen LogP contribution in [0.5, 0.6) is 5.75 Å². The average Bonchev–Trinajstić information content (AvgIpc) is 2.48. The quantitative estimate of drug-likeness (QED) is 0.873. The summed E-state index contributed by atoms with van der Waals surface area (Å²) in [5.41, 5.74) is 3.62. The van der Waals surface area contributed by atoms with Gasteiger partial charge in [0.2, 0.25) is 0 Å². The van der Waals surface area contributed by atoms with E-state index in [0.29, 0.717) is 0 Å². The predicted molar refractivity (Wildman–Crippen MR) is 84.3 cm³/mol. The number of rotatable bonds is 6. The smallest absolute Gasteiger partial charge is 0.142 e. The van der Waals surface area contributed by atoms with Crippen molar-refractivity contribution in [2.75, 3.05) is 26.1 Å². The Morgan fingerprint density at radius 2 is 1.80 bits per heavy atom. The van der Waals surface area contributed by atoms with Crippen LogP contribution < -0.4 is 15.0 Å². The number of hydrogen-bond donors (Lipinski definition) is 1. The van der Waals surface area contributed by atoms with Crippen molar-refractivity contribution in [3.05, 3.63) is 59.7 Å². The highest BCUT2D eigenvalue weighted by atomic mass is 16.5.